The van der Waals surface area contributed by atoms with Gasteiger partial charge in [-0.1, -0.05) is 12.1 Å². The molecule has 2 rings (SSSR count). The molecule has 0 aliphatic heterocycles. The molecule has 0 spiro atoms. The number of benzene rings is 2. The van der Waals surface area contributed by atoms with E-state index in [1.54, 1.807) is 28.4 Å². The van der Waals surface area contributed by atoms with Crippen LogP contribution in [-0.2, 0) is 16.8 Å². The normalized spacial score (nSPS) is 10.9. The van der Waals surface area contributed by atoms with Gasteiger partial charge in [-0.25, -0.2) is 0 Å². The SMILES string of the molecule is COc1ccc(CCC(=O)NC(C)(C)c2ccc(OC)c(OC)c2)cc1OC. The molecule has 2 aromatic carbocycles. The standard InChI is InChI=1S/C22H29NO5/c1-22(2,16-9-11-18(26-4)20(14-16)28-6)23-21(24)12-8-15-7-10-17(25-3)19(13-15)27-5/h7,9-11,13-14H,8,12H2,1-6H3,(H,23,24). The first-order chi connectivity index (χ1) is 13.3. The molecule has 0 radical (unpaired) electrons. The van der Waals surface area contributed by atoms with E-state index in [0.29, 0.717) is 35.8 Å². The van der Waals surface area contributed by atoms with Gasteiger partial charge in [0.05, 0.1) is 34.0 Å². The number of methoxy groups -OCH3 is 4. The highest BCUT2D eigenvalue weighted by molar-refractivity contribution is 5.77. The van der Waals surface area contributed by atoms with E-state index in [9.17, 15) is 4.79 Å². The van der Waals surface area contributed by atoms with Gasteiger partial charge in [-0.3, -0.25) is 4.79 Å². The maximum absolute atomic E-state index is 12.5. The molecule has 2 aromatic rings. The third-order valence-electron chi connectivity index (χ3n) is 4.65. The van der Waals surface area contributed by atoms with Gasteiger partial charge < -0.3 is 24.3 Å². The lowest BCUT2D eigenvalue weighted by atomic mass is 9.93. The zero-order valence-electron chi connectivity index (χ0n) is 17.4. The van der Waals surface area contributed by atoms with Crippen LogP contribution in [0.25, 0.3) is 0 Å². The summed E-state index contributed by atoms with van der Waals surface area (Å²) >= 11 is 0. The maximum Gasteiger partial charge on any atom is 0.221 e. The van der Waals surface area contributed by atoms with Crippen LogP contribution in [0.15, 0.2) is 36.4 Å². The van der Waals surface area contributed by atoms with Crippen molar-refractivity contribution in [2.24, 2.45) is 0 Å². The van der Waals surface area contributed by atoms with Crippen LogP contribution in [0.2, 0.25) is 0 Å². The minimum absolute atomic E-state index is 0.0328. The summed E-state index contributed by atoms with van der Waals surface area (Å²) in [6.07, 6.45) is 0.973. The largest absolute Gasteiger partial charge is 0.493 e. The number of carbonyl (C=O) groups excluding carboxylic acids is 1. The Kier molecular flexibility index (Phi) is 7.15. The molecule has 0 unspecified atom stereocenters. The Morgan fingerprint density at radius 2 is 1.36 bits per heavy atom. The Labute approximate surface area is 166 Å². The van der Waals surface area contributed by atoms with Crippen LogP contribution < -0.4 is 24.3 Å². The van der Waals surface area contributed by atoms with Gasteiger partial charge in [-0.15, -0.1) is 0 Å². The van der Waals surface area contributed by atoms with E-state index < -0.39 is 5.54 Å². The molecule has 0 atom stereocenters. The molecule has 6 heteroatoms. The second kappa shape index (κ2) is 9.35. The molecule has 152 valence electrons. The van der Waals surface area contributed by atoms with Crippen LogP contribution in [0.5, 0.6) is 23.0 Å². The first kappa shape index (κ1) is 21.4. The van der Waals surface area contributed by atoms with Gasteiger partial charge in [0.15, 0.2) is 23.0 Å². The van der Waals surface area contributed by atoms with E-state index in [-0.39, 0.29) is 5.91 Å². The maximum atomic E-state index is 12.5. The quantitative estimate of drug-likeness (QED) is 0.711. The van der Waals surface area contributed by atoms with Crippen LogP contribution >= 0.6 is 0 Å². The molecule has 0 aromatic heterocycles. The Balaban J connectivity index is 2.03. The van der Waals surface area contributed by atoms with Crippen LogP contribution in [0.4, 0.5) is 0 Å². The summed E-state index contributed by atoms with van der Waals surface area (Å²) in [4.78, 5) is 12.5. The molecule has 0 saturated carbocycles. The summed E-state index contributed by atoms with van der Waals surface area (Å²) in [5.41, 5.74) is 1.40. The van der Waals surface area contributed by atoms with Crippen molar-refractivity contribution in [3.63, 3.8) is 0 Å². The van der Waals surface area contributed by atoms with Crippen LogP contribution in [-0.4, -0.2) is 34.3 Å². The number of carbonyl (C=O) groups is 1. The average Bonchev–Trinajstić information content (AvgIpc) is 2.70. The number of hydrogen-bond donors (Lipinski definition) is 1. The molecule has 28 heavy (non-hydrogen) atoms. The number of nitrogens with one attached hydrogen (secondary N) is 1. The van der Waals surface area contributed by atoms with Crippen LogP contribution in [0.3, 0.4) is 0 Å². The Morgan fingerprint density at radius 3 is 1.93 bits per heavy atom. The molecule has 1 N–H and O–H groups in total. The van der Waals surface area contributed by atoms with Crippen molar-refractivity contribution in [1.29, 1.82) is 0 Å². The molecule has 0 aliphatic rings. The van der Waals surface area contributed by atoms with E-state index in [1.807, 2.05) is 50.2 Å². The van der Waals surface area contributed by atoms with E-state index in [0.717, 1.165) is 11.1 Å². The highest BCUT2D eigenvalue weighted by atomic mass is 16.5. The fourth-order valence-electron chi connectivity index (χ4n) is 3.00. The van der Waals surface area contributed by atoms with Crippen molar-refractivity contribution in [3.8, 4) is 23.0 Å². The Bertz CT molecular complexity index is 817. The molecule has 0 aliphatic carbocycles. The lowest BCUT2D eigenvalue weighted by Gasteiger charge is -2.27. The third-order valence-corrected chi connectivity index (χ3v) is 4.65. The van der Waals surface area contributed by atoms with E-state index in [4.69, 9.17) is 18.9 Å². The smallest absolute Gasteiger partial charge is 0.221 e. The molecule has 0 saturated heterocycles. The highest BCUT2D eigenvalue weighted by Crippen LogP contribution is 2.32. The molecule has 0 fully saturated rings. The fraction of sp³-hybridized carbons (Fsp3) is 0.409. The summed E-state index contributed by atoms with van der Waals surface area (Å²) in [6, 6.07) is 11.3. The second-order valence-corrected chi connectivity index (χ2v) is 6.93. The number of amides is 1. The molecular formula is C22H29NO5. The number of ether oxygens (including phenoxy) is 4. The molecule has 1 amide bonds. The van der Waals surface area contributed by atoms with Gasteiger partial charge >= 0.3 is 0 Å². The first-order valence-electron chi connectivity index (χ1n) is 9.09. The van der Waals surface area contributed by atoms with E-state index in [2.05, 4.69) is 5.32 Å². The Hall–Kier alpha value is -2.89. The monoisotopic (exact) mass is 387 g/mol. The average molecular weight is 387 g/mol. The van der Waals surface area contributed by atoms with Crippen molar-refractivity contribution in [3.05, 3.63) is 47.5 Å². The topological polar surface area (TPSA) is 66.0 Å². The van der Waals surface area contributed by atoms with Crippen LogP contribution in [0.1, 0.15) is 31.4 Å². The zero-order valence-corrected chi connectivity index (χ0v) is 17.4. The second-order valence-electron chi connectivity index (χ2n) is 6.93. The van der Waals surface area contributed by atoms with Crippen molar-refractivity contribution < 1.29 is 23.7 Å². The minimum Gasteiger partial charge on any atom is -0.493 e. The van der Waals surface area contributed by atoms with Crippen molar-refractivity contribution >= 4 is 5.91 Å². The molecular weight excluding hydrogens is 358 g/mol. The van der Waals surface area contributed by atoms with Crippen LogP contribution in [0, 0.1) is 0 Å². The highest BCUT2D eigenvalue weighted by Gasteiger charge is 2.24. The van der Waals surface area contributed by atoms with Crippen molar-refractivity contribution in [2.75, 3.05) is 28.4 Å². The van der Waals surface area contributed by atoms with Gasteiger partial charge in [0, 0.05) is 6.42 Å². The number of aryl methyl sites for hydroxylation is 1. The summed E-state index contributed by atoms with van der Waals surface area (Å²) in [6.45, 7) is 3.92. The predicted octanol–water partition coefficient (Wildman–Crippen LogP) is 3.71. The first-order valence-corrected chi connectivity index (χ1v) is 9.09. The fourth-order valence-corrected chi connectivity index (χ4v) is 3.00. The number of rotatable bonds is 9. The van der Waals surface area contributed by atoms with E-state index >= 15 is 0 Å². The molecule has 6 nitrogen and oxygen atoms in total. The minimum atomic E-state index is -0.547. The van der Waals surface area contributed by atoms with Gasteiger partial charge in [0.1, 0.15) is 0 Å². The van der Waals surface area contributed by atoms with Gasteiger partial charge in [0.25, 0.3) is 0 Å². The predicted molar refractivity (Wildman–Crippen MR) is 109 cm³/mol. The summed E-state index contributed by atoms with van der Waals surface area (Å²) in [5, 5.41) is 3.09. The summed E-state index contributed by atoms with van der Waals surface area (Å²) in [7, 11) is 6.39. The van der Waals surface area contributed by atoms with Gasteiger partial charge in [-0.05, 0) is 55.7 Å². The number of hydrogen-bond acceptors (Lipinski definition) is 5. The lowest BCUT2D eigenvalue weighted by molar-refractivity contribution is -0.122. The third kappa shape index (κ3) is 5.09. The summed E-state index contributed by atoms with van der Waals surface area (Å²) < 4.78 is 21.2. The zero-order chi connectivity index (χ0) is 20.7. The van der Waals surface area contributed by atoms with Gasteiger partial charge in [0.2, 0.25) is 5.91 Å². The molecule has 0 heterocycles. The van der Waals surface area contributed by atoms with Crippen molar-refractivity contribution in [1.82, 2.24) is 5.32 Å². The lowest BCUT2D eigenvalue weighted by Crippen LogP contribution is -2.41. The van der Waals surface area contributed by atoms with Gasteiger partial charge in [-0.2, -0.15) is 0 Å². The molecule has 0 bridgehead atoms. The summed E-state index contributed by atoms with van der Waals surface area (Å²) in [5.74, 6) is 2.58. The van der Waals surface area contributed by atoms with Crippen molar-refractivity contribution in [2.45, 2.75) is 32.2 Å². The Morgan fingerprint density at radius 1 is 0.821 bits per heavy atom. The van der Waals surface area contributed by atoms with E-state index in [1.165, 1.54) is 0 Å².